The van der Waals surface area contributed by atoms with Crippen molar-refractivity contribution in [2.75, 3.05) is 14.1 Å². The van der Waals surface area contributed by atoms with Crippen LogP contribution in [0.5, 0.6) is 0 Å². The highest BCUT2D eigenvalue weighted by Gasteiger charge is 2.19. The van der Waals surface area contributed by atoms with Crippen molar-refractivity contribution >= 4 is 5.91 Å². The summed E-state index contributed by atoms with van der Waals surface area (Å²) < 4.78 is 0. The Hall–Kier alpha value is -0.930. The molecular formula is C8H16N2O2. The van der Waals surface area contributed by atoms with Gasteiger partial charge in [-0.05, 0) is 20.3 Å². The van der Waals surface area contributed by atoms with Gasteiger partial charge in [0.05, 0.1) is 5.54 Å². The van der Waals surface area contributed by atoms with E-state index in [4.69, 9.17) is 0 Å². The van der Waals surface area contributed by atoms with E-state index in [1.165, 1.54) is 4.90 Å². The van der Waals surface area contributed by atoms with Crippen LogP contribution in [0.15, 0.2) is 5.18 Å². The van der Waals surface area contributed by atoms with Crippen molar-refractivity contribution in [2.45, 2.75) is 32.2 Å². The van der Waals surface area contributed by atoms with E-state index < -0.39 is 5.54 Å². The van der Waals surface area contributed by atoms with E-state index >= 15 is 0 Å². The molecule has 4 nitrogen and oxygen atoms in total. The van der Waals surface area contributed by atoms with Crippen molar-refractivity contribution in [3.05, 3.63) is 4.91 Å². The highest BCUT2D eigenvalue weighted by molar-refractivity contribution is 5.75. The molecule has 0 bridgehead atoms. The molecule has 0 aromatic heterocycles. The molecule has 0 aliphatic rings. The number of nitrogens with zero attached hydrogens (tertiary/aromatic N) is 2. The molecule has 0 aliphatic heterocycles. The van der Waals surface area contributed by atoms with Crippen molar-refractivity contribution < 1.29 is 4.79 Å². The van der Waals surface area contributed by atoms with Crippen LogP contribution in [0.25, 0.3) is 0 Å². The van der Waals surface area contributed by atoms with Gasteiger partial charge in [-0.2, -0.15) is 4.91 Å². The van der Waals surface area contributed by atoms with Gasteiger partial charge >= 0.3 is 0 Å². The van der Waals surface area contributed by atoms with Gasteiger partial charge in [0.2, 0.25) is 5.91 Å². The molecule has 0 N–H and O–H groups in total. The Balaban J connectivity index is 3.83. The molecule has 0 aromatic rings. The number of hydrogen-bond acceptors (Lipinski definition) is 3. The quantitative estimate of drug-likeness (QED) is 0.602. The van der Waals surface area contributed by atoms with Crippen LogP contribution < -0.4 is 0 Å². The third-order valence-electron chi connectivity index (χ3n) is 1.70. The summed E-state index contributed by atoms with van der Waals surface area (Å²) in [6.07, 6.45) is 0.888. The van der Waals surface area contributed by atoms with Crippen LogP contribution in [0.2, 0.25) is 0 Å². The predicted octanol–water partition coefficient (Wildman–Crippen LogP) is 1.40. The number of hydrogen-bond donors (Lipinski definition) is 0. The molecule has 0 fully saturated rings. The molecule has 0 spiro atoms. The fourth-order valence-corrected chi connectivity index (χ4v) is 0.682. The maximum absolute atomic E-state index is 11.1. The average Bonchev–Trinajstić information content (AvgIpc) is 2.00. The highest BCUT2D eigenvalue weighted by atomic mass is 16.3. The van der Waals surface area contributed by atoms with Crippen LogP contribution >= 0.6 is 0 Å². The van der Waals surface area contributed by atoms with Crippen LogP contribution in [0.1, 0.15) is 26.7 Å². The minimum absolute atomic E-state index is 0.0340. The summed E-state index contributed by atoms with van der Waals surface area (Å²) in [5.74, 6) is 0.0340. The molecule has 0 radical (unpaired) electrons. The summed E-state index contributed by atoms with van der Waals surface area (Å²) in [4.78, 5) is 22.8. The first-order valence-corrected chi connectivity index (χ1v) is 3.94. The van der Waals surface area contributed by atoms with Crippen molar-refractivity contribution in [1.29, 1.82) is 0 Å². The Morgan fingerprint density at radius 3 is 2.25 bits per heavy atom. The van der Waals surface area contributed by atoms with E-state index in [1.54, 1.807) is 27.9 Å². The zero-order valence-electron chi connectivity index (χ0n) is 8.13. The maximum Gasteiger partial charge on any atom is 0.222 e. The number of rotatable bonds is 4. The van der Waals surface area contributed by atoms with Crippen LogP contribution in [0.4, 0.5) is 0 Å². The second-order valence-electron chi connectivity index (χ2n) is 3.69. The van der Waals surface area contributed by atoms with E-state index in [1.807, 2.05) is 0 Å². The SMILES string of the molecule is CN(C)C(=O)CCC(C)(C)N=O. The van der Waals surface area contributed by atoms with Gasteiger partial charge in [-0.25, -0.2) is 0 Å². The van der Waals surface area contributed by atoms with E-state index in [0.717, 1.165) is 0 Å². The lowest BCUT2D eigenvalue weighted by molar-refractivity contribution is -0.129. The third-order valence-corrected chi connectivity index (χ3v) is 1.70. The monoisotopic (exact) mass is 172 g/mol. The lowest BCUT2D eigenvalue weighted by atomic mass is 10.00. The third kappa shape index (κ3) is 4.05. The van der Waals surface area contributed by atoms with Crippen LogP contribution in [-0.4, -0.2) is 30.4 Å². The van der Waals surface area contributed by atoms with Gasteiger partial charge < -0.3 is 4.90 Å². The molecule has 70 valence electrons. The van der Waals surface area contributed by atoms with E-state index in [2.05, 4.69) is 5.18 Å². The predicted molar refractivity (Wildman–Crippen MR) is 47.8 cm³/mol. The topological polar surface area (TPSA) is 49.7 Å². The largest absolute Gasteiger partial charge is 0.349 e. The second-order valence-corrected chi connectivity index (χ2v) is 3.69. The lowest BCUT2D eigenvalue weighted by Gasteiger charge is -2.16. The molecule has 0 rings (SSSR count). The number of nitroso groups, excluding NO2 is 1. The van der Waals surface area contributed by atoms with Gasteiger partial charge in [-0.1, -0.05) is 5.18 Å². The van der Waals surface area contributed by atoms with Gasteiger partial charge in [-0.15, -0.1) is 0 Å². The Morgan fingerprint density at radius 1 is 1.42 bits per heavy atom. The van der Waals surface area contributed by atoms with Crippen molar-refractivity contribution in [3.63, 3.8) is 0 Å². The molecule has 0 saturated heterocycles. The molecule has 0 saturated carbocycles. The smallest absolute Gasteiger partial charge is 0.222 e. The van der Waals surface area contributed by atoms with Gasteiger partial charge in [-0.3, -0.25) is 4.79 Å². The van der Waals surface area contributed by atoms with E-state index in [9.17, 15) is 9.70 Å². The van der Waals surface area contributed by atoms with Gasteiger partial charge in [0.1, 0.15) is 0 Å². The zero-order chi connectivity index (χ0) is 9.78. The molecule has 0 aliphatic carbocycles. The maximum atomic E-state index is 11.1. The summed E-state index contributed by atoms with van der Waals surface area (Å²) in [6, 6.07) is 0. The fourth-order valence-electron chi connectivity index (χ4n) is 0.682. The fraction of sp³-hybridized carbons (Fsp3) is 0.875. The molecular weight excluding hydrogens is 156 g/mol. The van der Waals surface area contributed by atoms with Crippen molar-refractivity contribution in [3.8, 4) is 0 Å². The van der Waals surface area contributed by atoms with Crippen LogP contribution in [0, 0.1) is 4.91 Å². The molecule has 0 atom stereocenters. The average molecular weight is 172 g/mol. The van der Waals surface area contributed by atoms with Crippen LogP contribution in [0.3, 0.4) is 0 Å². The van der Waals surface area contributed by atoms with Crippen molar-refractivity contribution in [2.24, 2.45) is 5.18 Å². The Bertz CT molecular complexity index is 176. The number of carbonyl (C=O) groups excluding carboxylic acids is 1. The van der Waals surface area contributed by atoms with Crippen LogP contribution in [-0.2, 0) is 4.79 Å². The first-order chi connectivity index (χ1) is 5.39. The normalized spacial score (nSPS) is 11.0. The van der Waals surface area contributed by atoms with Gasteiger partial charge in [0.25, 0.3) is 0 Å². The molecule has 0 heterocycles. The van der Waals surface area contributed by atoms with Gasteiger partial charge in [0, 0.05) is 20.5 Å². The standard InChI is InChI=1S/C8H16N2O2/c1-8(2,9-12)6-5-7(11)10(3)4/h5-6H2,1-4H3. The highest BCUT2D eigenvalue weighted by Crippen LogP contribution is 2.16. The summed E-state index contributed by atoms with van der Waals surface area (Å²) >= 11 is 0. The lowest BCUT2D eigenvalue weighted by Crippen LogP contribution is -2.25. The molecule has 0 unspecified atom stereocenters. The Labute approximate surface area is 72.9 Å². The molecule has 4 heteroatoms. The molecule has 0 aromatic carbocycles. The first-order valence-electron chi connectivity index (χ1n) is 3.94. The minimum atomic E-state index is -0.619. The first kappa shape index (κ1) is 11.1. The zero-order valence-corrected chi connectivity index (χ0v) is 8.13. The van der Waals surface area contributed by atoms with E-state index in [-0.39, 0.29) is 5.91 Å². The number of amides is 1. The molecule has 1 amide bonds. The molecule has 12 heavy (non-hydrogen) atoms. The van der Waals surface area contributed by atoms with E-state index in [0.29, 0.717) is 12.8 Å². The summed E-state index contributed by atoms with van der Waals surface area (Å²) in [5, 5.41) is 2.93. The Morgan fingerprint density at radius 2 is 1.92 bits per heavy atom. The Kier molecular flexibility index (Phi) is 3.86. The second kappa shape index (κ2) is 4.18. The summed E-state index contributed by atoms with van der Waals surface area (Å²) in [6.45, 7) is 3.45. The minimum Gasteiger partial charge on any atom is -0.349 e. The number of carbonyl (C=O) groups is 1. The summed E-state index contributed by atoms with van der Waals surface area (Å²) in [5.41, 5.74) is -0.619. The van der Waals surface area contributed by atoms with Crippen molar-refractivity contribution in [1.82, 2.24) is 4.90 Å². The van der Waals surface area contributed by atoms with Gasteiger partial charge in [0.15, 0.2) is 0 Å². The summed E-state index contributed by atoms with van der Waals surface area (Å²) in [7, 11) is 3.40.